The second kappa shape index (κ2) is 7.13. The molecule has 1 aromatic heterocycles. The third kappa shape index (κ3) is 3.60. The second-order valence-electron chi connectivity index (χ2n) is 5.24. The fourth-order valence-electron chi connectivity index (χ4n) is 2.43. The molecule has 0 aliphatic carbocycles. The van der Waals surface area contributed by atoms with Crippen molar-refractivity contribution in [3.63, 3.8) is 0 Å². The van der Waals surface area contributed by atoms with Crippen LogP contribution in [0.4, 0.5) is 5.95 Å². The molecule has 0 spiro atoms. The maximum atomic E-state index is 12.5. The van der Waals surface area contributed by atoms with Crippen LogP contribution < -0.4 is 16.4 Å². The van der Waals surface area contributed by atoms with Crippen LogP contribution in [0.25, 0.3) is 10.9 Å². The Labute approximate surface area is 153 Å². The number of nitrogens with zero attached hydrogens (tertiary/aromatic N) is 2. The standard InChI is InChI=1S/C17H14Cl2N4O2/c1-2-23-16(25)13-5-3-4-6-14(13)20-17(23)22-21-15(24)10-7-11(18)9-12(19)8-10/h3-9H,2H2,1H3,(H,20,22)(H,21,24). The van der Waals surface area contributed by atoms with Gasteiger partial charge in [-0.25, -0.2) is 4.98 Å². The molecular formula is C17H14Cl2N4O2. The lowest BCUT2D eigenvalue weighted by Gasteiger charge is -2.14. The zero-order valence-electron chi connectivity index (χ0n) is 13.2. The van der Waals surface area contributed by atoms with E-state index in [1.807, 2.05) is 6.92 Å². The molecule has 0 unspecified atom stereocenters. The molecule has 3 aromatic rings. The highest BCUT2D eigenvalue weighted by Gasteiger charge is 2.12. The number of benzene rings is 2. The van der Waals surface area contributed by atoms with Gasteiger partial charge in [-0.05, 0) is 37.3 Å². The van der Waals surface area contributed by atoms with E-state index in [2.05, 4.69) is 15.8 Å². The van der Waals surface area contributed by atoms with Crippen molar-refractivity contribution >= 4 is 46.0 Å². The fraction of sp³-hybridized carbons (Fsp3) is 0.118. The van der Waals surface area contributed by atoms with E-state index in [0.29, 0.717) is 27.5 Å². The number of amides is 1. The molecule has 0 saturated carbocycles. The summed E-state index contributed by atoms with van der Waals surface area (Å²) in [6.07, 6.45) is 0. The summed E-state index contributed by atoms with van der Waals surface area (Å²) in [5, 5.41) is 1.22. The van der Waals surface area contributed by atoms with Gasteiger partial charge in [-0.2, -0.15) is 0 Å². The quantitative estimate of drug-likeness (QED) is 0.683. The lowest BCUT2D eigenvalue weighted by Crippen LogP contribution is -2.34. The first-order valence-electron chi connectivity index (χ1n) is 7.51. The van der Waals surface area contributed by atoms with E-state index >= 15 is 0 Å². The number of rotatable bonds is 4. The highest BCUT2D eigenvalue weighted by molar-refractivity contribution is 6.35. The number of para-hydroxylation sites is 1. The van der Waals surface area contributed by atoms with Crippen molar-refractivity contribution < 1.29 is 4.79 Å². The number of halogens is 2. The third-order valence-corrected chi connectivity index (χ3v) is 4.03. The van der Waals surface area contributed by atoms with Crippen LogP contribution in [0.15, 0.2) is 47.3 Å². The van der Waals surface area contributed by atoms with E-state index in [1.165, 1.54) is 22.8 Å². The Morgan fingerprint density at radius 1 is 1.16 bits per heavy atom. The molecule has 0 saturated heterocycles. The first kappa shape index (κ1) is 17.3. The van der Waals surface area contributed by atoms with E-state index < -0.39 is 5.91 Å². The van der Waals surface area contributed by atoms with Crippen LogP contribution in [0, 0.1) is 0 Å². The van der Waals surface area contributed by atoms with Gasteiger partial charge in [0, 0.05) is 22.2 Å². The number of carbonyl (C=O) groups excluding carboxylic acids is 1. The molecule has 25 heavy (non-hydrogen) atoms. The molecule has 8 heteroatoms. The summed E-state index contributed by atoms with van der Waals surface area (Å²) in [6, 6.07) is 11.5. The summed E-state index contributed by atoms with van der Waals surface area (Å²) in [5.41, 5.74) is 5.85. The molecule has 0 aliphatic heterocycles. The average Bonchev–Trinajstić information content (AvgIpc) is 2.59. The number of aromatic nitrogens is 2. The molecular weight excluding hydrogens is 363 g/mol. The van der Waals surface area contributed by atoms with Gasteiger partial charge in [0.1, 0.15) is 0 Å². The number of carbonyl (C=O) groups is 1. The van der Waals surface area contributed by atoms with Gasteiger partial charge in [-0.1, -0.05) is 35.3 Å². The van der Waals surface area contributed by atoms with E-state index in [1.54, 1.807) is 24.3 Å². The predicted molar refractivity (Wildman–Crippen MR) is 99.2 cm³/mol. The lowest BCUT2D eigenvalue weighted by molar-refractivity contribution is 0.0962. The topological polar surface area (TPSA) is 76.0 Å². The van der Waals surface area contributed by atoms with E-state index in [-0.39, 0.29) is 17.1 Å². The van der Waals surface area contributed by atoms with Crippen LogP contribution in [-0.2, 0) is 6.54 Å². The lowest BCUT2D eigenvalue weighted by atomic mass is 10.2. The monoisotopic (exact) mass is 376 g/mol. The largest absolute Gasteiger partial charge is 0.277 e. The molecule has 3 rings (SSSR count). The molecule has 128 valence electrons. The number of nitrogens with one attached hydrogen (secondary N) is 2. The van der Waals surface area contributed by atoms with Crippen LogP contribution in [0.2, 0.25) is 10.0 Å². The Hall–Kier alpha value is -2.57. The number of hydrogen-bond acceptors (Lipinski definition) is 4. The first-order valence-corrected chi connectivity index (χ1v) is 8.27. The van der Waals surface area contributed by atoms with E-state index in [0.717, 1.165) is 0 Å². The summed E-state index contributed by atoms with van der Waals surface area (Å²) in [4.78, 5) is 29.2. The minimum absolute atomic E-state index is 0.185. The molecule has 2 aromatic carbocycles. The Morgan fingerprint density at radius 2 is 1.84 bits per heavy atom. The fourth-order valence-corrected chi connectivity index (χ4v) is 2.95. The van der Waals surface area contributed by atoms with E-state index in [4.69, 9.17) is 23.2 Å². The minimum Gasteiger partial charge on any atom is -0.277 e. The van der Waals surface area contributed by atoms with Gasteiger partial charge >= 0.3 is 0 Å². The van der Waals surface area contributed by atoms with Crippen molar-refractivity contribution in [3.05, 3.63) is 68.4 Å². The Kier molecular flexibility index (Phi) is 4.92. The molecule has 1 heterocycles. The van der Waals surface area contributed by atoms with Gasteiger partial charge in [0.25, 0.3) is 11.5 Å². The number of fused-ring (bicyclic) bond motifs is 1. The van der Waals surface area contributed by atoms with E-state index in [9.17, 15) is 9.59 Å². The Morgan fingerprint density at radius 3 is 2.52 bits per heavy atom. The van der Waals surface area contributed by atoms with Gasteiger partial charge in [0.2, 0.25) is 5.95 Å². The van der Waals surface area contributed by atoms with Crippen LogP contribution in [-0.4, -0.2) is 15.5 Å². The number of hydrogen-bond donors (Lipinski definition) is 2. The average molecular weight is 377 g/mol. The molecule has 0 atom stereocenters. The summed E-state index contributed by atoms with van der Waals surface area (Å²) in [5.74, 6) is -0.206. The molecule has 1 amide bonds. The predicted octanol–water partition coefficient (Wildman–Crippen LogP) is 3.48. The van der Waals surface area contributed by atoms with Crippen LogP contribution >= 0.6 is 23.2 Å². The van der Waals surface area contributed by atoms with Crippen molar-refractivity contribution in [2.24, 2.45) is 0 Å². The van der Waals surface area contributed by atoms with Gasteiger partial charge in [-0.3, -0.25) is 25.0 Å². The minimum atomic E-state index is -0.450. The van der Waals surface area contributed by atoms with Crippen molar-refractivity contribution in [1.29, 1.82) is 0 Å². The van der Waals surface area contributed by atoms with Crippen LogP contribution in [0.1, 0.15) is 17.3 Å². The normalized spacial score (nSPS) is 10.7. The number of anilines is 1. The molecule has 6 nitrogen and oxygen atoms in total. The summed E-state index contributed by atoms with van der Waals surface area (Å²) in [7, 11) is 0. The molecule has 0 radical (unpaired) electrons. The molecule has 2 N–H and O–H groups in total. The van der Waals surface area contributed by atoms with Gasteiger partial charge < -0.3 is 0 Å². The molecule has 0 aliphatic rings. The molecule has 0 fully saturated rings. The zero-order chi connectivity index (χ0) is 18.0. The SMILES string of the molecule is CCn1c(NNC(=O)c2cc(Cl)cc(Cl)c2)nc2ccccc2c1=O. The Balaban J connectivity index is 1.90. The highest BCUT2D eigenvalue weighted by atomic mass is 35.5. The smallest absolute Gasteiger partial charge is 0.269 e. The zero-order valence-corrected chi connectivity index (χ0v) is 14.7. The second-order valence-corrected chi connectivity index (χ2v) is 6.11. The molecule has 0 bridgehead atoms. The summed E-state index contributed by atoms with van der Waals surface area (Å²) < 4.78 is 1.44. The maximum Gasteiger partial charge on any atom is 0.269 e. The maximum absolute atomic E-state index is 12.5. The first-order chi connectivity index (χ1) is 12.0. The van der Waals surface area contributed by atoms with Crippen molar-refractivity contribution in [1.82, 2.24) is 15.0 Å². The van der Waals surface area contributed by atoms with Gasteiger partial charge in [0.15, 0.2) is 0 Å². The van der Waals surface area contributed by atoms with Crippen LogP contribution in [0.5, 0.6) is 0 Å². The summed E-state index contributed by atoms with van der Waals surface area (Å²) >= 11 is 11.8. The van der Waals surface area contributed by atoms with Gasteiger partial charge in [-0.15, -0.1) is 0 Å². The number of hydrazine groups is 1. The Bertz CT molecular complexity index is 997. The van der Waals surface area contributed by atoms with Gasteiger partial charge in [0.05, 0.1) is 10.9 Å². The van der Waals surface area contributed by atoms with Crippen LogP contribution in [0.3, 0.4) is 0 Å². The summed E-state index contributed by atoms with van der Waals surface area (Å²) in [6.45, 7) is 2.22. The van der Waals surface area contributed by atoms with Crippen molar-refractivity contribution in [3.8, 4) is 0 Å². The van der Waals surface area contributed by atoms with Crippen molar-refractivity contribution in [2.75, 3.05) is 5.43 Å². The third-order valence-electron chi connectivity index (χ3n) is 3.59. The highest BCUT2D eigenvalue weighted by Crippen LogP contribution is 2.19. The van der Waals surface area contributed by atoms with Crippen molar-refractivity contribution in [2.45, 2.75) is 13.5 Å².